The van der Waals surface area contributed by atoms with Gasteiger partial charge in [-0.25, -0.2) is 0 Å². The fourth-order valence-corrected chi connectivity index (χ4v) is 3.46. The first kappa shape index (κ1) is 22.1. The highest BCUT2D eigenvalue weighted by atomic mass is 16.5. The molecule has 0 saturated carbocycles. The third-order valence-corrected chi connectivity index (χ3v) is 5.23. The number of morpholine rings is 1. The summed E-state index contributed by atoms with van der Waals surface area (Å²) in [4.78, 5) is 28.0. The number of anilines is 2. The Bertz CT molecular complexity index is 1120. The molecule has 0 aromatic heterocycles. The molecule has 3 aromatic carbocycles. The number of phenols is 1. The Labute approximate surface area is 192 Å². The van der Waals surface area contributed by atoms with Crippen LogP contribution in [-0.2, 0) is 9.53 Å². The van der Waals surface area contributed by atoms with Crippen molar-refractivity contribution in [2.75, 3.05) is 36.5 Å². The predicted octanol–water partition coefficient (Wildman–Crippen LogP) is 3.64. The van der Waals surface area contributed by atoms with Crippen molar-refractivity contribution in [3.63, 3.8) is 0 Å². The monoisotopic (exact) mass is 443 g/mol. The molecule has 2 amide bonds. The minimum absolute atomic E-state index is 0.0896. The van der Waals surface area contributed by atoms with Crippen LogP contribution in [0.4, 0.5) is 11.4 Å². The average Bonchev–Trinajstić information content (AvgIpc) is 2.86. The number of amides is 2. The first-order valence-corrected chi connectivity index (χ1v) is 10.7. The summed E-state index contributed by atoms with van der Waals surface area (Å²) in [6, 6.07) is 22.6. The Morgan fingerprint density at radius 1 is 0.879 bits per heavy atom. The molecule has 1 fully saturated rings. The number of aromatic hydroxyl groups is 1. The first-order chi connectivity index (χ1) is 16.1. The number of ether oxygens (including phenoxy) is 1. The van der Waals surface area contributed by atoms with Gasteiger partial charge in [-0.15, -0.1) is 0 Å². The fourth-order valence-electron chi connectivity index (χ4n) is 3.46. The van der Waals surface area contributed by atoms with Gasteiger partial charge >= 0.3 is 0 Å². The highest BCUT2D eigenvalue weighted by Crippen LogP contribution is 2.20. The molecule has 0 bridgehead atoms. The standard InChI is InChI=1S/C26H25N3O4/c30-23-12-6-19(7-13-23)18-24(28-25(31)20-4-2-1-3-5-20)26(32)27-21-8-10-22(11-9-21)29-14-16-33-17-15-29/h1-13,18,30H,14-17H2,(H,27,32)(H,28,31)/b24-18-. The number of rotatable bonds is 6. The maximum Gasteiger partial charge on any atom is 0.272 e. The number of hydrogen-bond acceptors (Lipinski definition) is 5. The SMILES string of the molecule is O=C(Nc1ccc(N2CCOCC2)cc1)/C(=C/c1ccc(O)cc1)NC(=O)c1ccccc1. The number of nitrogens with zero attached hydrogens (tertiary/aromatic N) is 1. The summed E-state index contributed by atoms with van der Waals surface area (Å²) in [5.41, 5.74) is 2.87. The molecule has 1 saturated heterocycles. The van der Waals surface area contributed by atoms with E-state index >= 15 is 0 Å². The van der Waals surface area contributed by atoms with Gasteiger partial charge in [-0.1, -0.05) is 30.3 Å². The van der Waals surface area contributed by atoms with E-state index in [0.717, 1.165) is 18.8 Å². The van der Waals surface area contributed by atoms with Gasteiger partial charge < -0.3 is 25.4 Å². The van der Waals surface area contributed by atoms with Crippen LogP contribution in [-0.4, -0.2) is 43.2 Å². The summed E-state index contributed by atoms with van der Waals surface area (Å²) in [6.07, 6.45) is 1.57. The molecule has 7 nitrogen and oxygen atoms in total. The second kappa shape index (κ2) is 10.5. The van der Waals surface area contributed by atoms with Crippen molar-refractivity contribution in [1.82, 2.24) is 5.32 Å². The largest absolute Gasteiger partial charge is 0.508 e. The molecular weight excluding hydrogens is 418 g/mol. The van der Waals surface area contributed by atoms with Crippen LogP contribution in [0, 0.1) is 0 Å². The zero-order valence-electron chi connectivity index (χ0n) is 18.0. The molecule has 0 unspecified atom stereocenters. The van der Waals surface area contributed by atoms with E-state index in [1.54, 1.807) is 42.5 Å². The summed E-state index contributed by atoms with van der Waals surface area (Å²) in [7, 11) is 0. The van der Waals surface area contributed by atoms with Crippen LogP contribution in [0.3, 0.4) is 0 Å². The van der Waals surface area contributed by atoms with Crippen molar-refractivity contribution in [1.29, 1.82) is 0 Å². The fraction of sp³-hybridized carbons (Fsp3) is 0.154. The van der Waals surface area contributed by atoms with E-state index in [0.29, 0.717) is 30.0 Å². The zero-order valence-corrected chi connectivity index (χ0v) is 18.0. The van der Waals surface area contributed by atoms with Gasteiger partial charge in [0.15, 0.2) is 0 Å². The molecule has 1 heterocycles. The van der Waals surface area contributed by atoms with Crippen LogP contribution in [0.2, 0.25) is 0 Å². The lowest BCUT2D eigenvalue weighted by Gasteiger charge is -2.28. The molecule has 1 aliphatic heterocycles. The normalized spacial score (nSPS) is 13.9. The molecule has 33 heavy (non-hydrogen) atoms. The van der Waals surface area contributed by atoms with Gasteiger partial charge in [0.05, 0.1) is 13.2 Å². The summed E-state index contributed by atoms with van der Waals surface area (Å²) in [5.74, 6) is -0.725. The van der Waals surface area contributed by atoms with Crippen LogP contribution in [0.25, 0.3) is 6.08 Å². The van der Waals surface area contributed by atoms with Crippen molar-refractivity contribution in [3.05, 3.63) is 95.7 Å². The average molecular weight is 444 g/mol. The predicted molar refractivity (Wildman–Crippen MR) is 128 cm³/mol. The molecule has 0 radical (unpaired) electrons. The summed E-state index contributed by atoms with van der Waals surface area (Å²) < 4.78 is 5.39. The summed E-state index contributed by atoms with van der Waals surface area (Å²) in [6.45, 7) is 3.06. The lowest BCUT2D eigenvalue weighted by Crippen LogP contribution is -2.36. The number of nitrogens with one attached hydrogen (secondary N) is 2. The van der Waals surface area contributed by atoms with E-state index in [4.69, 9.17) is 4.74 Å². The van der Waals surface area contributed by atoms with Crippen LogP contribution in [0.15, 0.2) is 84.6 Å². The zero-order chi connectivity index (χ0) is 23.0. The maximum atomic E-state index is 13.1. The molecule has 3 N–H and O–H groups in total. The highest BCUT2D eigenvalue weighted by molar-refractivity contribution is 6.10. The van der Waals surface area contributed by atoms with Crippen LogP contribution >= 0.6 is 0 Å². The summed E-state index contributed by atoms with van der Waals surface area (Å²) >= 11 is 0. The Kier molecular flexibility index (Phi) is 7.02. The molecule has 168 valence electrons. The number of hydrogen-bond donors (Lipinski definition) is 3. The Morgan fingerprint density at radius 3 is 2.21 bits per heavy atom. The van der Waals surface area contributed by atoms with E-state index in [1.807, 2.05) is 30.3 Å². The van der Waals surface area contributed by atoms with E-state index < -0.39 is 11.8 Å². The summed E-state index contributed by atoms with van der Waals surface area (Å²) in [5, 5.41) is 15.1. The number of benzene rings is 3. The van der Waals surface area contributed by atoms with Gasteiger partial charge in [-0.2, -0.15) is 0 Å². The van der Waals surface area contributed by atoms with Crippen LogP contribution in [0.1, 0.15) is 15.9 Å². The second-order valence-corrected chi connectivity index (χ2v) is 7.57. The first-order valence-electron chi connectivity index (χ1n) is 10.7. The topological polar surface area (TPSA) is 90.9 Å². The van der Waals surface area contributed by atoms with E-state index in [9.17, 15) is 14.7 Å². The minimum Gasteiger partial charge on any atom is -0.508 e. The van der Waals surface area contributed by atoms with Crippen molar-refractivity contribution in [2.45, 2.75) is 0 Å². The molecule has 1 aliphatic rings. The third-order valence-electron chi connectivity index (χ3n) is 5.23. The highest BCUT2D eigenvalue weighted by Gasteiger charge is 2.16. The molecule has 7 heteroatoms. The quantitative estimate of drug-likeness (QED) is 0.506. The second-order valence-electron chi connectivity index (χ2n) is 7.57. The lowest BCUT2D eigenvalue weighted by molar-refractivity contribution is -0.113. The van der Waals surface area contributed by atoms with Crippen molar-refractivity contribution in [2.24, 2.45) is 0 Å². The molecule has 0 atom stereocenters. The van der Waals surface area contributed by atoms with Crippen LogP contribution in [0.5, 0.6) is 5.75 Å². The molecular formula is C26H25N3O4. The maximum absolute atomic E-state index is 13.1. The Balaban J connectivity index is 1.52. The smallest absolute Gasteiger partial charge is 0.272 e. The van der Waals surface area contributed by atoms with Gasteiger partial charge in [-0.3, -0.25) is 9.59 Å². The minimum atomic E-state index is -0.452. The molecule has 3 aromatic rings. The van der Waals surface area contributed by atoms with E-state index in [-0.39, 0.29) is 11.4 Å². The van der Waals surface area contributed by atoms with Crippen LogP contribution < -0.4 is 15.5 Å². The van der Waals surface area contributed by atoms with Crippen molar-refractivity contribution < 1.29 is 19.4 Å². The lowest BCUT2D eigenvalue weighted by atomic mass is 10.1. The van der Waals surface area contributed by atoms with Gasteiger partial charge in [0, 0.05) is 30.0 Å². The molecule has 0 aliphatic carbocycles. The number of phenolic OH excluding ortho intramolecular Hbond substituents is 1. The van der Waals surface area contributed by atoms with Crippen molar-refractivity contribution in [3.8, 4) is 5.75 Å². The van der Waals surface area contributed by atoms with Gasteiger partial charge in [0.1, 0.15) is 11.4 Å². The van der Waals surface area contributed by atoms with E-state index in [2.05, 4.69) is 15.5 Å². The van der Waals surface area contributed by atoms with Gasteiger partial charge in [0.2, 0.25) is 0 Å². The molecule has 0 spiro atoms. The third kappa shape index (κ3) is 5.99. The number of carbonyl (C=O) groups excluding carboxylic acids is 2. The number of carbonyl (C=O) groups is 2. The Morgan fingerprint density at radius 2 is 1.55 bits per heavy atom. The van der Waals surface area contributed by atoms with Crippen molar-refractivity contribution >= 4 is 29.3 Å². The Hall–Kier alpha value is -4.10. The van der Waals surface area contributed by atoms with Gasteiger partial charge in [0.25, 0.3) is 11.8 Å². The van der Waals surface area contributed by atoms with Gasteiger partial charge in [-0.05, 0) is 60.2 Å². The van der Waals surface area contributed by atoms with E-state index in [1.165, 1.54) is 12.1 Å². The molecule has 4 rings (SSSR count).